The van der Waals surface area contributed by atoms with E-state index in [0.717, 1.165) is 47.9 Å². The van der Waals surface area contributed by atoms with Gasteiger partial charge in [0.2, 0.25) is 5.91 Å². The van der Waals surface area contributed by atoms with Gasteiger partial charge in [0.15, 0.2) is 5.82 Å². The van der Waals surface area contributed by atoms with E-state index in [9.17, 15) is 22.8 Å². The van der Waals surface area contributed by atoms with Gasteiger partial charge in [0, 0.05) is 11.6 Å². The maximum absolute atomic E-state index is 12.9. The van der Waals surface area contributed by atoms with Crippen molar-refractivity contribution in [3.05, 3.63) is 59.4 Å². The van der Waals surface area contributed by atoms with E-state index in [1.165, 1.54) is 6.20 Å². The fourth-order valence-corrected chi connectivity index (χ4v) is 4.90. The number of alkyl halides is 3. The van der Waals surface area contributed by atoms with Gasteiger partial charge in [-0.2, -0.15) is 18.2 Å². The number of hydrogen-bond acceptors (Lipinski definition) is 6. The molecule has 11 heteroatoms. The lowest BCUT2D eigenvalue weighted by Gasteiger charge is -2.19. The van der Waals surface area contributed by atoms with Crippen molar-refractivity contribution < 1.29 is 27.3 Å². The van der Waals surface area contributed by atoms with E-state index in [1.54, 1.807) is 12.1 Å². The second kappa shape index (κ2) is 10.1. The van der Waals surface area contributed by atoms with Gasteiger partial charge in [-0.3, -0.25) is 9.59 Å². The molecule has 2 aliphatic rings. The Morgan fingerprint density at radius 1 is 1.05 bits per heavy atom. The molecule has 1 unspecified atom stereocenters. The van der Waals surface area contributed by atoms with Gasteiger partial charge in [0.25, 0.3) is 0 Å². The molecule has 2 heterocycles. The summed E-state index contributed by atoms with van der Waals surface area (Å²) in [5, 5.41) is 9.50. The van der Waals surface area contributed by atoms with Crippen LogP contribution in [0.2, 0.25) is 0 Å². The minimum absolute atomic E-state index is 0.0681. The summed E-state index contributed by atoms with van der Waals surface area (Å²) in [5.41, 5.74) is 3.41. The predicted octanol–water partition coefficient (Wildman–Crippen LogP) is 5.76. The Bertz CT molecular complexity index is 1400. The van der Waals surface area contributed by atoms with Gasteiger partial charge in [-0.1, -0.05) is 50.5 Å². The second-order valence-corrected chi connectivity index (χ2v) is 11.3. The number of benzene rings is 1. The van der Waals surface area contributed by atoms with Gasteiger partial charge in [-0.25, -0.2) is 4.98 Å². The Morgan fingerprint density at radius 3 is 2.51 bits per heavy atom. The summed E-state index contributed by atoms with van der Waals surface area (Å²) < 4.78 is 43.7. The lowest BCUT2D eigenvalue weighted by molar-refractivity contribution is -0.153. The molecule has 1 saturated carbocycles. The van der Waals surface area contributed by atoms with E-state index in [0.29, 0.717) is 5.82 Å². The van der Waals surface area contributed by atoms with Crippen LogP contribution in [0.4, 0.5) is 19.0 Å². The third kappa shape index (κ3) is 5.97. The highest BCUT2D eigenvalue weighted by Crippen LogP contribution is 2.50. The molecule has 3 aromatic rings. The van der Waals surface area contributed by atoms with Crippen LogP contribution in [-0.2, 0) is 16.6 Å². The van der Waals surface area contributed by atoms with Crippen LogP contribution in [0, 0.1) is 11.8 Å². The van der Waals surface area contributed by atoms with Crippen molar-refractivity contribution in [2.24, 2.45) is 11.8 Å². The number of nitrogens with one attached hydrogen (secondary N) is 2. The van der Waals surface area contributed by atoms with Crippen molar-refractivity contribution in [1.29, 1.82) is 0 Å². The molecule has 3 atom stereocenters. The minimum atomic E-state index is -4.36. The van der Waals surface area contributed by atoms with Crippen molar-refractivity contribution >= 4 is 17.6 Å². The number of hydrogen-bond donors (Lipinski definition) is 2. The Hall–Kier alpha value is -3.76. The van der Waals surface area contributed by atoms with Gasteiger partial charge < -0.3 is 15.2 Å². The van der Waals surface area contributed by atoms with E-state index in [2.05, 4.69) is 25.8 Å². The maximum atomic E-state index is 12.9. The molecule has 0 aliphatic heterocycles. The first-order valence-electron chi connectivity index (χ1n) is 13.0. The Morgan fingerprint density at radius 2 is 1.82 bits per heavy atom. The number of aryl methyl sites for hydroxylation is 1. The first kappa shape index (κ1) is 26.8. The zero-order valence-electron chi connectivity index (χ0n) is 21.9. The lowest BCUT2D eigenvalue weighted by Crippen LogP contribution is -2.29. The monoisotopic (exact) mass is 541 g/mol. The van der Waals surface area contributed by atoms with Gasteiger partial charge in [-0.05, 0) is 60.1 Å². The summed E-state index contributed by atoms with van der Waals surface area (Å²) >= 11 is 0. The molecule has 2 N–H and O–H groups in total. The number of anilines is 1. The molecule has 0 spiro atoms. The zero-order chi connectivity index (χ0) is 27.9. The lowest BCUT2D eigenvalue weighted by atomic mass is 9.94. The summed E-state index contributed by atoms with van der Waals surface area (Å²) in [6, 6.07) is 9.17. The van der Waals surface area contributed by atoms with Crippen LogP contribution in [-0.4, -0.2) is 33.1 Å². The largest absolute Gasteiger partial charge is 0.392 e. The molecule has 0 radical (unpaired) electrons. The molecule has 5 rings (SSSR count). The number of nitrogens with zero attached hydrogens (tertiary/aromatic N) is 3. The summed E-state index contributed by atoms with van der Waals surface area (Å²) in [7, 11) is 0. The normalized spacial score (nSPS) is 21.0. The molecule has 1 aromatic carbocycles. The first-order valence-corrected chi connectivity index (χ1v) is 13.0. The molecule has 2 aliphatic carbocycles. The number of carbonyl (C=O) groups is 2. The average molecular weight is 542 g/mol. The van der Waals surface area contributed by atoms with Crippen LogP contribution in [0.3, 0.4) is 0 Å². The standard InChI is InChI=1S/C28H30F3N5O3/c1-27(2,3)26-35-25(39-36-26)24(38)33-21-7-5-4-6-17-12-15(8-9-18(17)21)16-10-11-32-22(13-16)34-23(37)19-14-20(19)28(29,30)31/h8-13,19-21H,4-7,14H2,1-3H3,(H,33,38)(H,32,34,37)/t19-,20-,21?/m1/s1. The minimum Gasteiger partial charge on any atom is -0.341 e. The van der Waals surface area contributed by atoms with E-state index in [1.807, 2.05) is 39.0 Å². The number of rotatable bonds is 5. The molecule has 39 heavy (non-hydrogen) atoms. The fourth-order valence-electron chi connectivity index (χ4n) is 4.90. The van der Waals surface area contributed by atoms with Crippen LogP contribution in [0.5, 0.6) is 0 Å². The maximum Gasteiger partial charge on any atom is 0.392 e. The number of pyridine rings is 1. The third-order valence-corrected chi connectivity index (χ3v) is 7.20. The SMILES string of the molecule is CC(C)(C)c1noc(C(=O)NC2CCCCc3cc(-c4ccnc(NC(=O)[C@@H]5C[C@H]5C(F)(F)F)c4)ccc32)n1. The molecular formula is C28H30F3N5O3. The highest BCUT2D eigenvalue weighted by atomic mass is 19.4. The quantitative estimate of drug-likeness (QED) is 0.397. The van der Waals surface area contributed by atoms with Crippen LogP contribution in [0.25, 0.3) is 11.1 Å². The highest BCUT2D eigenvalue weighted by molar-refractivity contribution is 5.94. The molecule has 206 valence electrons. The first-order chi connectivity index (χ1) is 18.4. The van der Waals surface area contributed by atoms with Crippen LogP contribution >= 0.6 is 0 Å². The van der Waals surface area contributed by atoms with E-state index in [-0.39, 0.29) is 29.6 Å². The van der Waals surface area contributed by atoms with Crippen molar-refractivity contribution in [2.45, 2.75) is 70.5 Å². The Labute approximate surface area is 223 Å². The van der Waals surface area contributed by atoms with Crippen LogP contribution in [0.1, 0.15) is 80.1 Å². The van der Waals surface area contributed by atoms with E-state index in [4.69, 9.17) is 4.52 Å². The van der Waals surface area contributed by atoms with Crippen molar-refractivity contribution in [2.75, 3.05) is 5.32 Å². The highest BCUT2D eigenvalue weighted by Gasteiger charge is 2.58. The topological polar surface area (TPSA) is 110 Å². The average Bonchev–Trinajstić information content (AvgIpc) is 3.58. The molecule has 0 bridgehead atoms. The molecule has 2 amide bonds. The zero-order valence-corrected chi connectivity index (χ0v) is 21.9. The number of fused-ring (bicyclic) bond motifs is 1. The molecule has 2 aromatic heterocycles. The van der Waals surface area contributed by atoms with Crippen molar-refractivity contribution in [3.63, 3.8) is 0 Å². The fraction of sp³-hybridized carbons (Fsp3) is 0.464. The third-order valence-electron chi connectivity index (χ3n) is 7.20. The molecule has 0 saturated heterocycles. The van der Waals surface area contributed by atoms with Gasteiger partial charge in [0.1, 0.15) is 5.82 Å². The van der Waals surface area contributed by atoms with E-state index >= 15 is 0 Å². The van der Waals surface area contributed by atoms with Gasteiger partial charge in [-0.15, -0.1) is 0 Å². The number of halogens is 3. The summed E-state index contributed by atoms with van der Waals surface area (Å²) in [6.07, 6.45) is 0.445. The summed E-state index contributed by atoms with van der Waals surface area (Å²) in [5.74, 6) is -3.14. The van der Waals surface area contributed by atoms with Crippen LogP contribution in [0.15, 0.2) is 41.1 Å². The smallest absolute Gasteiger partial charge is 0.341 e. The Kier molecular flexibility index (Phi) is 6.94. The van der Waals surface area contributed by atoms with Gasteiger partial charge in [0.05, 0.1) is 17.9 Å². The number of amides is 2. The molecular weight excluding hydrogens is 511 g/mol. The van der Waals surface area contributed by atoms with Crippen molar-refractivity contribution in [1.82, 2.24) is 20.4 Å². The Balaban J connectivity index is 1.31. The summed E-state index contributed by atoms with van der Waals surface area (Å²) in [4.78, 5) is 33.6. The van der Waals surface area contributed by atoms with Crippen molar-refractivity contribution in [3.8, 4) is 11.1 Å². The predicted molar refractivity (Wildman–Crippen MR) is 137 cm³/mol. The number of carbonyl (C=O) groups excluding carboxylic acids is 2. The summed E-state index contributed by atoms with van der Waals surface area (Å²) in [6.45, 7) is 5.82. The molecule has 1 fully saturated rings. The molecule has 8 nitrogen and oxygen atoms in total. The van der Waals surface area contributed by atoms with Crippen LogP contribution < -0.4 is 10.6 Å². The van der Waals surface area contributed by atoms with E-state index < -0.39 is 29.8 Å². The second-order valence-electron chi connectivity index (χ2n) is 11.3. The number of aromatic nitrogens is 3. The van der Waals surface area contributed by atoms with Gasteiger partial charge >= 0.3 is 18.0 Å².